The molecule has 0 radical (unpaired) electrons. The van der Waals surface area contributed by atoms with E-state index in [1.807, 2.05) is 0 Å². The van der Waals surface area contributed by atoms with Gasteiger partial charge in [-0.3, -0.25) is 0 Å². The number of alkyl halides is 4. The highest BCUT2D eigenvalue weighted by Crippen LogP contribution is 2.39. The van der Waals surface area contributed by atoms with Crippen molar-refractivity contribution in [3.8, 4) is 0 Å². The van der Waals surface area contributed by atoms with Crippen LogP contribution in [0.5, 0.6) is 0 Å². The number of rotatable bonds is 0. The van der Waals surface area contributed by atoms with Gasteiger partial charge in [-0.1, -0.05) is 0 Å². The molecule has 7 heteroatoms. The molecular weight excluding hydrogens is 202 g/mol. The second-order valence-electron chi connectivity index (χ2n) is 3.30. The molecular formula is C7H7F4N3. The van der Waals surface area contributed by atoms with Crippen molar-refractivity contribution in [2.24, 2.45) is 0 Å². The number of aromatic nitrogens is 3. The number of halogens is 4. The summed E-state index contributed by atoms with van der Waals surface area (Å²) in [4.78, 5) is 3.30. The molecule has 3 nitrogen and oxygen atoms in total. The summed E-state index contributed by atoms with van der Waals surface area (Å²) in [6, 6.07) is 0. The highest BCUT2D eigenvalue weighted by molar-refractivity contribution is 4.99. The van der Waals surface area contributed by atoms with Crippen molar-refractivity contribution < 1.29 is 17.6 Å². The van der Waals surface area contributed by atoms with Crippen LogP contribution in [-0.4, -0.2) is 20.7 Å². The Bertz CT molecular complexity index is 346. The molecule has 0 aromatic carbocycles. The van der Waals surface area contributed by atoms with Crippen LogP contribution in [0.25, 0.3) is 0 Å². The number of hydrogen-bond acceptors (Lipinski definition) is 2. The first-order valence-corrected chi connectivity index (χ1v) is 4.05. The highest BCUT2D eigenvalue weighted by Gasteiger charge is 2.46. The van der Waals surface area contributed by atoms with Gasteiger partial charge in [-0.05, 0) is 0 Å². The average Bonchev–Trinajstić information content (AvgIpc) is 2.46. The summed E-state index contributed by atoms with van der Waals surface area (Å²) in [5.41, 5.74) is 0. The van der Waals surface area contributed by atoms with Crippen molar-refractivity contribution in [3.63, 3.8) is 0 Å². The first kappa shape index (κ1) is 9.42. The molecule has 0 saturated heterocycles. The van der Waals surface area contributed by atoms with Gasteiger partial charge in [-0.15, -0.1) is 0 Å². The van der Waals surface area contributed by atoms with Crippen molar-refractivity contribution in [2.45, 2.75) is 31.2 Å². The topological polar surface area (TPSA) is 30.7 Å². The fraction of sp³-hybridized carbons (Fsp3) is 0.714. The molecule has 14 heavy (non-hydrogen) atoms. The van der Waals surface area contributed by atoms with Crippen LogP contribution in [0.15, 0.2) is 6.33 Å². The quantitative estimate of drug-likeness (QED) is 0.610. The van der Waals surface area contributed by atoms with E-state index in [1.165, 1.54) is 0 Å². The molecule has 0 spiro atoms. The minimum absolute atomic E-state index is 0.576. The van der Waals surface area contributed by atoms with Gasteiger partial charge in [0.15, 0.2) is 5.82 Å². The zero-order valence-electron chi connectivity index (χ0n) is 7.05. The SMILES string of the molecule is FC1(F)CCC(F)(F)c2ncnn2C1. The third kappa shape index (κ3) is 1.46. The van der Waals surface area contributed by atoms with Gasteiger partial charge in [0, 0.05) is 12.8 Å². The van der Waals surface area contributed by atoms with Crippen LogP contribution in [0.2, 0.25) is 0 Å². The Balaban J connectivity index is 2.44. The second kappa shape index (κ2) is 2.68. The van der Waals surface area contributed by atoms with Gasteiger partial charge in [0.1, 0.15) is 12.9 Å². The Hall–Kier alpha value is -1.14. The molecule has 0 bridgehead atoms. The van der Waals surface area contributed by atoms with E-state index in [-0.39, 0.29) is 0 Å². The van der Waals surface area contributed by atoms with E-state index in [0.717, 1.165) is 6.33 Å². The third-order valence-electron chi connectivity index (χ3n) is 2.13. The van der Waals surface area contributed by atoms with E-state index >= 15 is 0 Å². The molecule has 0 amide bonds. The molecule has 2 rings (SSSR count). The van der Waals surface area contributed by atoms with E-state index < -0.39 is 37.1 Å². The monoisotopic (exact) mass is 209 g/mol. The maximum absolute atomic E-state index is 13.2. The van der Waals surface area contributed by atoms with Gasteiger partial charge in [0.25, 0.3) is 5.92 Å². The molecule has 0 aliphatic carbocycles. The summed E-state index contributed by atoms with van der Waals surface area (Å²) in [5.74, 6) is -7.12. The summed E-state index contributed by atoms with van der Waals surface area (Å²) in [6.07, 6.45) is -0.867. The molecule has 0 atom stereocenters. The van der Waals surface area contributed by atoms with Gasteiger partial charge < -0.3 is 0 Å². The van der Waals surface area contributed by atoms with Gasteiger partial charge in [0.2, 0.25) is 0 Å². The van der Waals surface area contributed by atoms with E-state index in [0.29, 0.717) is 4.68 Å². The molecule has 1 aliphatic rings. The zero-order chi connectivity index (χ0) is 10.4. The van der Waals surface area contributed by atoms with E-state index in [4.69, 9.17) is 0 Å². The van der Waals surface area contributed by atoms with Gasteiger partial charge in [0.05, 0.1) is 0 Å². The Kier molecular flexibility index (Phi) is 1.80. The lowest BCUT2D eigenvalue weighted by Crippen LogP contribution is -2.22. The Morgan fingerprint density at radius 1 is 1.21 bits per heavy atom. The first-order valence-electron chi connectivity index (χ1n) is 4.05. The Labute approximate surface area is 76.7 Å². The predicted molar refractivity (Wildman–Crippen MR) is 38.1 cm³/mol. The molecule has 2 heterocycles. The highest BCUT2D eigenvalue weighted by atomic mass is 19.3. The van der Waals surface area contributed by atoms with E-state index in [1.54, 1.807) is 0 Å². The lowest BCUT2D eigenvalue weighted by atomic mass is 10.1. The minimum atomic E-state index is -3.31. The maximum atomic E-state index is 13.2. The van der Waals surface area contributed by atoms with Gasteiger partial charge >= 0.3 is 5.92 Å². The second-order valence-corrected chi connectivity index (χ2v) is 3.30. The van der Waals surface area contributed by atoms with Crippen LogP contribution in [-0.2, 0) is 12.5 Å². The van der Waals surface area contributed by atoms with Crippen molar-refractivity contribution in [1.82, 2.24) is 14.8 Å². The predicted octanol–water partition coefficient (Wildman–Crippen LogP) is 1.80. The van der Waals surface area contributed by atoms with Crippen LogP contribution in [0, 0.1) is 0 Å². The summed E-state index contributed by atoms with van der Waals surface area (Å²) in [5, 5.41) is 3.35. The molecule has 78 valence electrons. The van der Waals surface area contributed by atoms with Crippen molar-refractivity contribution in [1.29, 1.82) is 0 Å². The Morgan fingerprint density at radius 2 is 1.93 bits per heavy atom. The summed E-state index contributed by atoms with van der Waals surface area (Å²) < 4.78 is 52.8. The zero-order valence-corrected chi connectivity index (χ0v) is 7.05. The molecule has 1 aromatic heterocycles. The number of fused-ring (bicyclic) bond motifs is 1. The van der Waals surface area contributed by atoms with Crippen LogP contribution in [0.1, 0.15) is 18.7 Å². The maximum Gasteiger partial charge on any atom is 0.306 e. The van der Waals surface area contributed by atoms with E-state index in [2.05, 4.69) is 10.1 Å². The Morgan fingerprint density at radius 3 is 2.64 bits per heavy atom. The number of hydrogen-bond donors (Lipinski definition) is 0. The van der Waals surface area contributed by atoms with E-state index in [9.17, 15) is 17.6 Å². The fourth-order valence-corrected chi connectivity index (χ4v) is 1.41. The molecule has 1 aliphatic heterocycles. The van der Waals surface area contributed by atoms with Crippen molar-refractivity contribution in [2.75, 3.05) is 0 Å². The molecule has 1 aromatic rings. The van der Waals surface area contributed by atoms with Crippen LogP contribution in [0.3, 0.4) is 0 Å². The lowest BCUT2D eigenvalue weighted by Gasteiger charge is -2.12. The summed E-state index contributed by atoms with van der Waals surface area (Å²) in [7, 11) is 0. The molecule has 0 saturated carbocycles. The third-order valence-corrected chi connectivity index (χ3v) is 2.13. The smallest absolute Gasteiger partial charge is 0.239 e. The van der Waals surface area contributed by atoms with Crippen molar-refractivity contribution >= 4 is 0 Å². The number of nitrogens with zero attached hydrogens (tertiary/aromatic N) is 3. The normalized spacial score (nSPS) is 24.0. The largest absolute Gasteiger partial charge is 0.306 e. The molecule has 0 unspecified atom stereocenters. The first-order chi connectivity index (χ1) is 6.41. The van der Waals surface area contributed by atoms with Crippen LogP contribution >= 0.6 is 0 Å². The standard InChI is InChI=1S/C7H7F4N3/c8-6(9)1-2-7(10,11)5-12-4-13-14(5)3-6/h4H,1-3H2. The molecule has 0 N–H and O–H groups in total. The summed E-state index contributed by atoms with van der Waals surface area (Å²) >= 11 is 0. The van der Waals surface area contributed by atoms with Crippen LogP contribution in [0.4, 0.5) is 17.6 Å². The van der Waals surface area contributed by atoms with Gasteiger partial charge in [-0.25, -0.2) is 18.4 Å². The lowest BCUT2D eigenvalue weighted by molar-refractivity contribution is -0.0582. The summed E-state index contributed by atoms with van der Waals surface area (Å²) in [6.45, 7) is -0.822. The van der Waals surface area contributed by atoms with Crippen molar-refractivity contribution in [3.05, 3.63) is 12.2 Å². The fourth-order valence-electron chi connectivity index (χ4n) is 1.41. The average molecular weight is 209 g/mol. The minimum Gasteiger partial charge on any atom is -0.239 e. The molecule has 0 fully saturated rings. The van der Waals surface area contributed by atoms with Crippen LogP contribution < -0.4 is 0 Å². The van der Waals surface area contributed by atoms with Gasteiger partial charge in [-0.2, -0.15) is 13.9 Å².